The Hall–Kier alpha value is -5.87. The van der Waals surface area contributed by atoms with Gasteiger partial charge < -0.3 is 20.9 Å². The second-order valence-electron chi connectivity index (χ2n) is 12.3. The minimum Gasteiger partial charge on any atom is -0.349 e. The molecule has 1 aliphatic rings. The Morgan fingerprint density at radius 2 is 1.72 bits per heavy atom. The number of nitrogens with zero attached hydrogens (tertiary/aromatic N) is 5. The summed E-state index contributed by atoms with van der Waals surface area (Å²) in [6.45, 7) is 3.55. The highest BCUT2D eigenvalue weighted by Gasteiger charge is 2.22. The van der Waals surface area contributed by atoms with Crippen LogP contribution in [0.1, 0.15) is 50.4 Å². The van der Waals surface area contributed by atoms with Crippen molar-refractivity contribution in [3.05, 3.63) is 117 Å². The van der Waals surface area contributed by atoms with Crippen LogP contribution in [0.25, 0.3) is 10.9 Å². The standard InChI is InChI=1S/C37H36F2N8O3/c1-23-33(36(50)47(46(23)3)22-25-6-12-30(38)31(39)20-25)35(49)40-16-4-5-24-7-13-32-27(19-24)21-41-37(44-32)43-28-10-8-26(9-11-28)34(48)42-29-14-17-45(2)18-15-29/h6-13,19-21,29H,14-18,22H2,1-3H3,(H,40,49)(H,42,48)(H,41,43,44). The number of carbonyl (C=O) groups excluding carboxylic acids is 2. The van der Waals surface area contributed by atoms with Gasteiger partial charge in [0.05, 0.1) is 18.6 Å². The van der Waals surface area contributed by atoms with Crippen LogP contribution < -0.4 is 21.5 Å². The van der Waals surface area contributed by atoms with E-state index in [0.29, 0.717) is 33.8 Å². The van der Waals surface area contributed by atoms with Crippen molar-refractivity contribution in [3.63, 3.8) is 0 Å². The van der Waals surface area contributed by atoms with Crippen LogP contribution in [-0.2, 0) is 13.6 Å². The van der Waals surface area contributed by atoms with E-state index < -0.39 is 23.1 Å². The molecule has 50 heavy (non-hydrogen) atoms. The molecule has 13 heteroatoms. The summed E-state index contributed by atoms with van der Waals surface area (Å²) in [6.07, 6.45) is 3.58. The average molecular weight is 679 g/mol. The second-order valence-corrected chi connectivity index (χ2v) is 12.3. The number of nitrogens with one attached hydrogen (secondary N) is 3. The number of anilines is 2. The monoisotopic (exact) mass is 678 g/mol. The lowest BCUT2D eigenvalue weighted by Gasteiger charge is -2.29. The largest absolute Gasteiger partial charge is 0.349 e. The number of aromatic nitrogens is 4. The number of rotatable bonds is 8. The number of hydrogen-bond acceptors (Lipinski definition) is 7. The van der Waals surface area contributed by atoms with Gasteiger partial charge in [-0.05, 0) is 100 Å². The summed E-state index contributed by atoms with van der Waals surface area (Å²) in [6, 6.07) is 16.3. The van der Waals surface area contributed by atoms with Crippen molar-refractivity contribution in [2.45, 2.75) is 32.4 Å². The summed E-state index contributed by atoms with van der Waals surface area (Å²) >= 11 is 0. The summed E-state index contributed by atoms with van der Waals surface area (Å²) in [5.41, 5.74) is 2.95. The van der Waals surface area contributed by atoms with Crippen molar-refractivity contribution >= 4 is 34.4 Å². The first kappa shape index (κ1) is 34.0. The number of likely N-dealkylation sites (tertiary alicyclic amines) is 1. The van der Waals surface area contributed by atoms with Gasteiger partial charge in [0.2, 0.25) is 5.95 Å². The van der Waals surface area contributed by atoms with Crippen LogP contribution in [0.15, 0.2) is 71.7 Å². The molecule has 2 aromatic heterocycles. The smallest absolute Gasteiger partial charge is 0.280 e. The zero-order valence-corrected chi connectivity index (χ0v) is 27.9. The molecular formula is C37H36F2N8O3. The van der Waals surface area contributed by atoms with Gasteiger partial charge in [-0.1, -0.05) is 17.9 Å². The van der Waals surface area contributed by atoms with Crippen molar-refractivity contribution in [2.75, 3.05) is 32.0 Å². The van der Waals surface area contributed by atoms with Crippen LogP contribution in [0.2, 0.25) is 0 Å². The lowest BCUT2D eigenvalue weighted by molar-refractivity contribution is 0.0915. The van der Waals surface area contributed by atoms with Gasteiger partial charge in [0, 0.05) is 47.2 Å². The topological polar surface area (TPSA) is 126 Å². The third-order valence-corrected chi connectivity index (χ3v) is 8.81. The Bertz CT molecular complexity index is 2190. The molecule has 1 fully saturated rings. The molecule has 1 aliphatic heterocycles. The molecular weight excluding hydrogens is 642 g/mol. The second kappa shape index (κ2) is 14.7. The number of benzene rings is 3. The molecule has 0 bridgehead atoms. The number of carbonyl (C=O) groups is 2. The average Bonchev–Trinajstić information content (AvgIpc) is 3.32. The first-order valence-corrected chi connectivity index (χ1v) is 16.2. The summed E-state index contributed by atoms with van der Waals surface area (Å²) in [5.74, 6) is 3.66. The van der Waals surface area contributed by atoms with E-state index in [-0.39, 0.29) is 30.6 Å². The van der Waals surface area contributed by atoms with Crippen molar-refractivity contribution in [1.29, 1.82) is 0 Å². The Morgan fingerprint density at radius 3 is 2.46 bits per heavy atom. The van der Waals surface area contributed by atoms with E-state index in [9.17, 15) is 23.2 Å². The molecule has 1 saturated heterocycles. The van der Waals surface area contributed by atoms with Crippen LogP contribution in [0.4, 0.5) is 20.4 Å². The molecule has 256 valence electrons. The predicted octanol–water partition coefficient (Wildman–Crippen LogP) is 4.11. The van der Waals surface area contributed by atoms with Gasteiger partial charge in [0.15, 0.2) is 11.6 Å². The molecule has 0 unspecified atom stereocenters. The SMILES string of the molecule is Cc1c(C(=O)NCC#Cc2ccc3nc(Nc4ccc(C(=O)NC5CCN(C)CC5)cc4)ncc3c2)c(=O)n(Cc2ccc(F)c(F)c2)n1C. The number of hydrogen-bond donors (Lipinski definition) is 3. The van der Waals surface area contributed by atoms with Gasteiger partial charge in [0.1, 0.15) is 5.56 Å². The highest BCUT2D eigenvalue weighted by Crippen LogP contribution is 2.19. The molecule has 5 aromatic rings. The first-order chi connectivity index (χ1) is 24.0. The lowest BCUT2D eigenvalue weighted by Crippen LogP contribution is -2.43. The maximum absolute atomic E-state index is 13.7. The van der Waals surface area contributed by atoms with Gasteiger partial charge in [-0.15, -0.1) is 0 Å². The molecule has 0 saturated carbocycles. The number of halogens is 2. The third kappa shape index (κ3) is 7.71. The maximum atomic E-state index is 13.7. The van der Waals surface area contributed by atoms with Crippen molar-refractivity contribution < 1.29 is 18.4 Å². The van der Waals surface area contributed by atoms with E-state index in [1.54, 1.807) is 32.3 Å². The zero-order chi connectivity index (χ0) is 35.4. The third-order valence-electron chi connectivity index (χ3n) is 8.81. The summed E-state index contributed by atoms with van der Waals surface area (Å²) in [5, 5.41) is 9.74. The zero-order valence-electron chi connectivity index (χ0n) is 27.9. The number of piperidine rings is 1. The Morgan fingerprint density at radius 1 is 0.960 bits per heavy atom. The molecule has 3 aromatic carbocycles. The number of fused-ring (bicyclic) bond motifs is 1. The van der Waals surface area contributed by atoms with E-state index in [0.717, 1.165) is 49.1 Å². The van der Waals surface area contributed by atoms with Crippen LogP contribution in [-0.4, -0.2) is 68.8 Å². The van der Waals surface area contributed by atoms with Gasteiger partial charge >= 0.3 is 0 Å². The summed E-state index contributed by atoms with van der Waals surface area (Å²) in [4.78, 5) is 49.9. The van der Waals surface area contributed by atoms with Crippen LogP contribution >= 0.6 is 0 Å². The minimum atomic E-state index is -1.01. The van der Waals surface area contributed by atoms with Crippen LogP contribution in [0, 0.1) is 30.4 Å². The van der Waals surface area contributed by atoms with E-state index in [1.807, 2.05) is 30.3 Å². The highest BCUT2D eigenvalue weighted by molar-refractivity contribution is 5.95. The van der Waals surface area contributed by atoms with Crippen molar-refractivity contribution in [3.8, 4) is 11.8 Å². The molecule has 0 radical (unpaired) electrons. The fourth-order valence-corrected chi connectivity index (χ4v) is 5.80. The van der Waals surface area contributed by atoms with E-state index >= 15 is 0 Å². The molecule has 0 aliphatic carbocycles. The van der Waals surface area contributed by atoms with Gasteiger partial charge in [-0.3, -0.25) is 19.1 Å². The number of amides is 2. The molecule has 11 nitrogen and oxygen atoms in total. The van der Waals surface area contributed by atoms with Gasteiger partial charge in [0.25, 0.3) is 17.4 Å². The predicted molar refractivity (Wildman–Crippen MR) is 186 cm³/mol. The normalized spacial score (nSPS) is 13.5. The molecule has 0 spiro atoms. The lowest BCUT2D eigenvalue weighted by atomic mass is 10.0. The summed E-state index contributed by atoms with van der Waals surface area (Å²) in [7, 11) is 3.71. The van der Waals surface area contributed by atoms with E-state index in [4.69, 9.17) is 0 Å². The maximum Gasteiger partial charge on any atom is 0.280 e. The molecule has 6 rings (SSSR count). The Kier molecular flexibility index (Phi) is 10.0. The van der Waals surface area contributed by atoms with Crippen molar-refractivity contribution in [1.82, 2.24) is 34.9 Å². The van der Waals surface area contributed by atoms with Crippen LogP contribution in [0.5, 0.6) is 0 Å². The fraction of sp³-hybridized carbons (Fsp3) is 0.270. The highest BCUT2D eigenvalue weighted by atomic mass is 19.2. The first-order valence-electron chi connectivity index (χ1n) is 16.2. The van der Waals surface area contributed by atoms with E-state index in [2.05, 4.69) is 49.7 Å². The van der Waals surface area contributed by atoms with Gasteiger partial charge in [-0.25, -0.2) is 23.4 Å². The van der Waals surface area contributed by atoms with Gasteiger partial charge in [-0.2, -0.15) is 0 Å². The minimum absolute atomic E-state index is 0.00813. The molecule has 3 N–H and O–H groups in total. The van der Waals surface area contributed by atoms with E-state index in [1.165, 1.54) is 15.4 Å². The molecule has 0 atom stereocenters. The molecule has 2 amide bonds. The quantitative estimate of drug-likeness (QED) is 0.211. The van der Waals surface area contributed by atoms with Crippen LogP contribution in [0.3, 0.4) is 0 Å². The Balaban J connectivity index is 1.04. The summed E-state index contributed by atoms with van der Waals surface area (Å²) < 4.78 is 29.8. The Labute approximate surface area is 287 Å². The fourth-order valence-electron chi connectivity index (χ4n) is 5.80. The molecule has 3 heterocycles. The van der Waals surface area contributed by atoms with Crippen molar-refractivity contribution in [2.24, 2.45) is 7.05 Å².